The van der Waals surface area contributed by atoms with Gasteiger partial charge in [-0.25, -0.2) is 14.7 Å². The molecule has 1 saturated carbocycles. The van der Waals surface area contributed by atoms with Crippen LogP contribution in [0.1, 0.15) is 135 Å². The van der Waals surface area contributed by atoms with E-state index in [2.05, 4.69) is 68.1 Å². The molecule has 0 N–H and O–H groups in total. The van der Waals surface area contributed by atoms with E-state index >= 15 is 0 Å². The number of ketones is 2. The molecule has 7 heteroatoms. The summed E-state index contributed by atoms with van der Waals surface area (Å²) in [6.45, 7) is 16.7. The highest BCUT2D eigenvalue weighted by Gasteiger charge is 2.32. The number of aliphatic imine (C=N–C) groups is 1. The highest BCUT2D eigenvalue weighted by Crippen LogP contribution is 2.40. The molecule has 0 spiro atoms. The Balaban J connectivity index is 0.000000582. The fourth-order valence-electron chi connectivity index (χ4n) is 7.19. The lowest BCUT2D eigenvalue weighted by Crippen LogP contribution is -2.27. The van der Waals surface area contributed by atoms with Crippen LogP contribution in [-0.2, 0) is 28.9 Å². The predicted octanol–water partition coefficient (Wildman–Crippen LogP) is 9.41. The number of hydrogen-bond donors (Lipinski definition) is 0. The lowest BCUT2D eigenvalue weighted by molar-refractivity contribution is -0.124. The van der Waals surface area contributed by atoms with E-state index in [1.165, 1.54) is 55.3 Å². The van der Waals surface area contributed by atoms with Crippen molar-refractivity contribution in [3.63, 3.8) is 0 Å². The number of carbonyl (C=O) groups is 2. The van der Waals surface area contributed by atoms with Gasteiger partial charge >= 0.3 is 0 Å². The fraction of sp³-hybridized carbons (Fsp3) is 0.610. The summed E-state index contributed by atoms with van der Waals surface area (Å²) in [6.07, 6.45) is 15.2. The van der Waals surface area contributed by atoms with Crippen molar-refractivity contribution >= 4 is 23.0 Å². The van der Waals surface area contributed by atoms with Gasteiger partial charge in [-0.2, -0.15) is 5.10 Å². The van der Waals surface area contributed by atoms with E-state index in [4.69, 9.17) is 9.98 Å². The minimum absolute atomic E-state index is 0.139. The minimum atomic E-state index is -0.139. The van der Waals surface area contributed by atoms with E-state index in [-0.39, 0.29) is 22.9 Å². The standard InChI is InChI=1S/C35H45N5O.C6H12O/c1-23-5-7-24(8-6-23)9-10-26(25-11-14-29(15-12-25)40-22-36-21-37-40)19-34(41)33-20-32-31(39-33)18-27-17-28(35(2,3)4)13-16-30(27)38-32;1-5(7)6(2,3)4/h11-12,14-15,18,21-24,26,28H,5-10,13,16-17,19-20H2,1-4H3;1-4H3/t23?,24?,26-,28-;/m0./s1. The van der Waals surface area contributed by atoms with Crippen molar-refractivity contribution in [3.05, 3.63) is 65.5 Å². The van der Waals surface area contributed by atoms with Crippen LogP contribution in [0.5, 0.6) is 0 Å². The van der Waals surface area contributed by atoms with Crippen molar-refractivity contribution < 1.29 is 9.59 Å². The van der Waals surface area contributed by atoms with E-state index in [9.17, 15) is 9.59 Å². The Morgan fingerprint density at radius 3 is 2.25 bits per heavy atom. The number of carbonyl (C=O) groups excluding carboxylic acids is 2. The molecular formula is C41H57N5O2. The van der Waals surface area contributed by atoms with Crippen molar-refractivity contribution in [2.75, 3.05) is 0 Å². The van der Waals surface area contributed by atoms with Crippen molar-refractivity contribution in [1.82, 2.24) is 19.7 Å². The Bertz CT molecular complexity index is 1580. The molecule has 1 fully saturated rings. The first kappa shape index (κ1) is 35.8. The summed E-state index contributed by atoms with van der Waals surface area (Å²) in [5.74, 6) is 2.90. The van der Waals surface area contributed by atoms with Crippen molar-refractivity contribution in [2.24, 2.45) is 33.6 Å². The van der Waals surface area contributed by atoms with Gasteiger partial charge in [-0.15, -0.1) is 0 Å². The third kappa shape index (κ3) is 9.15. The second-order valence-corrected chi connectivity index (χ2v) is 16.9. The largest absolute Gasteiger partial charge is 0.299 e. The number of hydrogen-bond acceptors (Lipinski definition) is 6. The molecule has 7 nitrogen and oxygen atoms in total. The van der Waals surface area contributed by atoms with Gasteiger partial charge in [-0.05, 0) is 97.4 Å². The van der Waals surface area contributed by atoms with Crippen LogP contribution in [-0.4, -0.2) is 37.0 Å². The molecule has 2 atom stereocenters. The normalized spacial score (nSPS) is 21.3. The molecule has 0 bridgehead atoms. The van der Waals surface area contributed by atoms with Crippen molar-refractivity contribution in [3.8, 4) is 5.69 Å². The van der Waals surface area contributed by atoms with Crippen molar-refractivity contribution in [1.29, 1.82) is 0 Å². The summed E-state index contributed by atoms with van der Waals surface area (Å²) in [5, 5.41) is 4.26. The summed E-state index contributed by atoms with van der Waals surface area (Å²) < 4.78 is 1.77. The first-order chi connectivity index (χ1) is 22.7. The molecule has 2 aliphatic carbocycles. The number of benzene rings is 1. The number of rotatable bonds is 8. The van der Waals surface area contributed by atoms with E-state index in [1.54, 1.807) is 24.3 Å². The van der Waals surface area contributed by atoms with Gasteiger partial charge < -0.3 is 0 Å². The highest BCUT2D eigenvalue weighted by atomic mass is 16.1. The number of aromatic nitrogens is 4. The Kier molecular flexibility index (Phi) is 11.2. The maximum Gasteiger partial charge on any atom is 0.178 e. The molecule has 0 radical (unpaired) electrons. The smallest absolute Gasteiger partial charge is 0.178 e. The maximum absolute atomic E-state index is 13.8. The Labute approximate surface area is 288 Å². The maximum atomic E-state index is 13.8. The second-order valence-electron chi connectivity index (χ2n) is 16.9. The fourth-order valence-corrected chi connectivity index (χ4v) is 7.19. The first-order valence-electron chi connectivity index (χ1n) is 18.3. The van der Waals surface area contributed by atoms with Gasteiger partial charge in [-0.1, -0.05) is 86.3 Å². The SMILES string of the molecule is CC(=O)C(C)(C)C.CC1CCC(CC[C@@H](CC(=O)C2=Nc3cc4c(nc3C2)CC[C@H](C(C)(C)C)C4)c2ccc(-n3cncn3)cc2)CC1. The van der Waals surface area contributed by atoms with E-state index in [0.29, 0.717) is 29.9 Å². The van der Waals surface area contributed by atoms with Gasteiger partial charge in [0.05, 0.1) is 22.8 Å². The van der Waals surface area contributed by atoms with Crippen LogP contribution in [0.3, 0.4) is 0 Å². The van der Waals surface area contributed by atoms with Crippen LogP contribution in [0.25, 0.3) is 5.69 Å². The number of Topliss-reactive ketones (excluding diaryl/α,β-unsaturated/α-hetero) is 2. The molecule has 1 aromatic carbocycles. The molecule has 1 aliphatic heterocycles. The predicted molar refractivity (Wildman–Crippen MR) is 194 cm³/mol. The highest BCUT2D eigenvalue weighted by molar-refractivity contribution is 6.41. The molecule has 6 rings (SSSR count). The Morgan fingerprint density at radius 2 is 1.65 bits per heavy atom. The molecule has 3 aliphatic rings. The van der Waals surface area contributed by atoms with Gasteiger partial charge in [0, 0.05) is 24.0 Å². The van der Waals surface area contributed by atoms with E-state index in [0.717, 1.165) is 48.2 Å². The lowest BCUT2D eigenvalue weighted by Gasteiger charge is -2.34. The summed E-state index contributed by atoms with van der Waals surface area (Å²) in [5.41, 5.74) is 7.52. The first-order valence-corrected chi connectivity index (χ1v) is 18.3. The molecule has 0 saturated heterocycles. The molecule has 3 aromatic rings. The van der Waals surface area contributed by atoms with Crippen LogP contribution in [0, 0.1) is 28.6 Å². The number of fused-ring (bicyclic) bond motifs is 2. The zero-order valence-electron chi connectivity index (χ0n) is 30.7. The van der Waals surface area contributed by atoms with Crippen LogP contribution in [0.4, 0.5) is 5.69 Å². The van der Waals surface area contributed by atoms with Crippen LogP contribution >= 0.6 is 0 Å². The zero-order chi connectivity index (χ0) is 34.6. The summed E-state index contributed by atoms with van der Waals surface area (Å²) in [4.78, 5) is 38.2. The van der Waals surface area contributed by atoms with Gasteiger partial charge in [-0.3, -0.25) is 14.6 Å². The van der Waals surface area contributed by atoms with Crippen LogP contribution in [0.15, 0.2) is 48.0 Å². The van der Waals surface area contributed by atoms with Crippen LogP contribution < -0.4 is 0 Å². The summed E-state index contributed by atoms with van der Waals surface area (Å²) >= 11 is 0. The zero-order valence-corrected chi connectivity index (χ0v) is 30.7. The molecule has 2 aromatic heterocycles. The average Bonchev–Trinajstić information content (AvgIpc) is 3.72. The van der Waals surface area contributed by atoms with Gasteiger partial charge in [0.1, 0.15) is 18.4 Å². The van der Waals surface area contributed by atoms with Crippen LogP contribution in [0.2, 0.25) is 0 Å². The van der Waals surface area contributed by atoms with Gasteiger partial charge in [0.15, 0.2) is 5.78 Å². The lowest BCUT2D eigenvalue weighted by atomic mass is 9.71. The number of pyridine rings is 1. The Morgan fingerprint density at radius 1 is 0.958 bits per heavy atom. The number of nitrogens with zero attached hydrogens (tertiary/aromatic N) is 5. The van der Waals surface area contributed by atoms with Crippen molar-refractivity contribution in [2.45, 2.75) is 132 Å². The average molecular weight is 652 g/mol. The molecule has 48 heavy (non-hydrogen) atoms. The van der Waals surface area contributed by atoms with E-state index < -0.39 is 0 Å². The second kappa shape index (κ2) is 15.0. The number of aryl methyl sites for hydroxylation is 1. The molecular weight excluding hydrogens is 594 g/mol. The quantitative estimate of drug-likeness (QED) is 0.242. The summed E-state index contributed by atoms with van der Waals surface area (Å²) in [7, 11) is 0. The topological polar surface area (TPSA) is 90.1 Å². The monoisotopic (exact) mass is 651 g/mol. The molecule has 3 heterocycles. The third-order valence-electron chi connectivity index (χ3n) is 11.2. The minimum Gasteiger partial charge on any atom is -0.299 e. The molecule has 258 valence electrons. The third-order valence-corrected chi connectivity index (χ3v) is 11.2. The summed E-state index contributed by atoms with van der Waals surface area (Å²) in [6, 6.07) is 10.8. The van der Waals surface area contributed by atoms with Gasteiger partial charge in [0.2, 0.25) is 0 Å². The van der Waals surface area contributed by atoms with Gasteiger partial charge in [0.25, 0.3) is 0 Å². The Hall–Kier alpha value is -3.48. The molecule has 0 amide bonds. The molecule has 0 unspecified atom stereocenters. The van der Waals surface area contributed by atoms with E-state index in [1.807, 2.05) is 20.8 Å².